The molecule has 0 aliphatic carbocycles. The molecule has 1 aliphatic heterocycles. The average Bonchev–Trinajstić information content (AvgIpc) is 3.36. The lowest BCUT2D eigenvalue weighted by Crippen LogP contribution is -2.32. The summed E-state index contributed by atoms with van der Waals surface area (Å²) in [6, 6.07) is 12.6. The number of hydrogen-bond acceptors (Lipinski definition) is 5. The Labute approximate surface area is 181 Å². The second-order valence-corrected chi connectivity index (χ2v) is 7.75. The Bertz CT molecular complexity index is 1100. The monoisotopic (exact) mass is 467 g/mol. The number of rotatable bonds is 7. The predicted octanol–water partition coefficient (Wildman–Crippen LogP) is 2.72. The Kier molecular flexibility index (Phi) is 5.71. The van der Waals surface area contributed by atoms with Crippen LogP contribution in [0.4, 0.5) is 0 Å². The van der Waals surface area contributed by atoms with Gasteiger partial charge in [0.05, 0.1) is 16.8 Å². The maximum absolute atomic E-state index is 12.4. The molecule has 2 aromatic carbocycles. The summed E-state index contributed by atoms with van der Waals surface area (Å²) < 4.78 is 2.40. The summed E-state index contributed by atoms with van der Waals surface area (Å²) in [5.41, 5.74) is 2.64. The summed E-state index contributed by atoms with van der Waals surface area (Å²) >= 11 is 3.31. The van der Waals surface area contributed by atoms with Crippen LogP contribution in [0.3, 0.4) is 0 Å². The largest absolute Gasteiger partial charge is 0.352 e. The van der Waals surface area contributed by atoms with Crippen molar-refractivity contribution in [3.63, 3.8) is 0 Å². The van der Waals surface area contributed by atoms with Crippen molar-refractivity contribution in [1.29, 1.82) is 0 Å². The Morgan fingerprint density at radius 1 is 1.03 bits per heavy atom. The highest BCUT2D eigenvalue weighted by atomic mass is 79.9. The van der Waals surface area contributed by atoms with Gasteiger partial charge in [0.15, 0.2) is 0 Å². The van der Waals surface area contributed by atoms with Crippen molar-refractivity contribution in [2.45, 2.75) is 19.4 Å². The Morgan fingerprint density at radius 3 is 2.53 bits per heavy atom. The quantitative estimate of drug-likeness (QED) is 0.538. The van der Waals surface area contributed by atoms with E-state index in [4.69, 9.17) is 0 Å². The number of nitrogens with one attached hydrogen (secondary N) is 1. The van der Waals surface area contributed by atoms with Gasteiger partial charge >= 0.3 is 0 Å². The van der Waals surface area contributed by atoms with Crippen LogP contribution in [0.1, 0.15) is 39.1 Å². The van der Waals surface area contributed by atoms with Gasteiger partial charge in [0.1, 0.15) is 12.7 Å². The van der Waals surface area contributed by atoms with Crippen LogP contribution in [0, 0.1) is 0 Å². The molecular formula is C21H18BrN5O3. The fraction of sp³-hybridized carbons (Fsp3) is 0.190. The molecule has 9 heteroatoms. The molecule has 0 bridgehead atoms. The average molecular weight is 468 g/mol. The molecule has 2 heterocycles. The molecule has 8 nitrogen and oxygen atoms in total. The van der Waals surface area contributed by atoms with Gasteiger partial charge in [0.25, 0.3) is 11.8 Å². The van der Waals surface area contributed by atoms with Crippen molar-refractivity contribution in [2.24, 2.45) is 0 Å². The Balaban J connectivity index is 1.24. The highest BCUT2D eigenvalue weighted by Gasteiger charge is 2.35. The minimum Gasteiger partial charge on any atom is -0.352 e. The van der Waals surface area contributed by atoms with E-state index in [1.807, 2.05) is 24.3 Å². The molecule has 0 unspecified atom stereocenters. The van der Waals surface area contributed by atoms with Crippen molar-refractivity contribution < 1.29 is 14.4 Å². The minimum atomic E-state index is -0.316. The van der Waals surface area contributed by atoms with Gasteiger partial charge in [-0.05, 0) is 42.3 Å². The first kappa shape index (κ1) is 20.0. The number of carbonyl (C=O) groups excluding carboxylic acids is 3. The van der Waals surface area contributed by atoms with E-state index >= 15 is 0 Å². The zero-order chi connectivity index (χ0) is 21.1. The van der Waals surface area contributed by atoms with Crippen LogP contribution in [0.2, 0.25) is 0 Å². The number of halogens is 1. The molecule has 0 fully saturated rings. The third-order valence-electron chi connectivity index (χ3n) is 4.83. The van der Waals surface area contributed by atoms with E-state index in [-0.39, 0.29) is 30.7 Å². The zero-order valence-corrected chi connectivity index (χ0v) is 17.5. The number of benzene rings is 2. The summed E-state index contributed by atoms with van der Waals surface area (Å²) in [6.07, 6.45) is 3.72. The number of carbonyl (C=O) groups is 3. The van der Waals surface area contributed by atoms with Crippen molar-refractivity contribution in [3.8, 4) is 5.69 Å². The number of nitrogens with zero attached hydrogens (tertiary/aromatic N) is 4. The number of aromatic nitrogens is 3. The molecule has 1 aromatic heterocycles. The molecule has 0 saturated heterocycles. The van der Waals surface area contributed by atoms with Gasteiger partial charge in [-0.2, -0.15) is 5.10 Å². The van der Waals surface area contributed by atoms with E-state index in [0.717, 1.165) is 15.7 Å². The van der Waals surface area contributed by atoms with Crippen LogP contribution in [0.5, 0.6) is 0 Å². The lowest BCUT2D eigenvalue weighted by molar-refractivity contribution is -0.121. The van der Waals surface area contributed by atoms with Gasteiger partial charge < -0.3 is 5.32 Å². The molecule has 0 saturated carbocycles. The van der Waals surface area contributed by atoms with Crippen LogP contribution < -0.4 is 5.32 Å². The highest BCUT2D eigenvalue weighted by molar-refractivity contribution is 9.10. The van der Waals surface area contributed by atoms with Crippen molar-refractivity contribution in [1.82, 2.24) is 25.0 Å². The molecule has 0 radical (unpaired) electrons. The van der Waals surface area contributed by atoms with Crippen molar-refractivity contribution in [3.05, 3.63) is 76.3 Å². The number of amides is 3. The van der Waals surface area contributed by atoms with E-state index in [1.165, 1.54) is 11.2 Å². The molecular weight excluding hydrogens is 450 g/mol. The molecule has 152 valence electrons. The van der Waals surface area contributed by atoms with Gasteiger partial charge in [0.2, 0.25) is 5.91 Å². The second kappa shape index (κ2) is 8.58. The standard InChI is InChI=1S/C21H18BrN5O3/c22-15-5-8-17-18(10-15)21(30)26(20(17)29)9-1-2-19(28)24-11-14-3-6-16(7-4-14)27-13-23-12-25-27/h3-8,10,12-13H,1-2,9,11H2,(H,24,28). The Hall–Kier alpha value is -3.33. The van der Waals surface area contributed by atoms with Crippen LogP contribution in [-0.4, -0.2) is 43.9 Å². The maximum Gasteiger partial charge on any atom is 0.261 e. The minimum absolute atomic E-state index is 0.130. The van der Waals surface area contributed by atoms with Crippen molar-refractivity contribution in [2.75, 3.05) is 6.54 Å². The summed E-state index contributed by atoms with van der Waals surface area (Å²) in [4.78, 5) is 42.1. The van der Waals surface area contributed by atoms with E-state index < -0.39 is 0 Å². The molecule has 3 aromatic rings. The Morgan fingerprint density at radius 2 is 1.80 bits per heavy atom. The smallest absolute Gasteiger partial charge is 0.261 e. The fourth-order valence-corrected chi connectivity index (χ4v) is 3.62. The van der Waals surface area contributed by atoms with Crippen LogP contribution >= 0.6 is 15.9 Å². The number of fused-ring (bicyclic) bond motifs is 1. The molecule has 0 spiro atoms. The number of hydrogen-bond donors (Lipinski definition) is 1. The third-order valence-corrected chi connectivity index (χ3v) is 5.32. The molecule has 1 N–H and O–H groups in total. The third kappa shape index (κ3) is 4.16. The first-order valence-electron chi connectivity index (χ1n) is 9.39. The van der Waals surface area contributed by atoms with Crippen LogP contribution in [-0.2, 0) is 11.3 Å². The van der Waals surface area contributed by atoms with Gasteiger partial charge in [-0.3, -0.25) is 19.3 Å². The fourth-order valence-electron chi connectivity index (χ4n) is 3.26. The summed E-state index contributed by atoms with van der Waals surface area (Å²) in [7, 11) is 0. The molecule has 3 amide bonds. The van der Waals surface area contributed by atoms with E-state index in [1.54, 1.807) is 29.2 Å². The lowest BCUT2D eigenvalue weighted by Gasteiger charge is -2.13. The first-order chi connectivity index (χ1) is 14.5. The van der Waals surface area contributed by atoms with Crippen molar-refractivity contribution >= 4 is 33.7 Å². The van der Waals surface area contributed by atoms with E-state index in [2.05, 4.69) is 31.3 Å². The molecule has 4 rings (SSSR count). The highest BCUT2D eigenvalue weighted by Crippen LogP contribution is 2.26. The SMILES string of the molecule is O=C(CCCN1C(=O)c2ccc(Br)cc2C1=O)NCc1ccc(-n2cncn2)cc1. The van der Waals surface area contributed by atoms with Gasteiger partial charge in [-0.1, -0.05) is 28.1 Å². The predicted molar refractivity (Wildman–Crippen MR) is 112 cm³/mol. The van der Waals surface area contributed by atoms with E-state index in [9.17, 15) is 14.4 Å². The normalized spacial score (nSPS) is 12.9. The molecule has 1 aliphatic rings. The summed E-state index contributed by atoms with van der Waals surface area (Å²) in [5.74, 6) is -0.755. The topological polar surface area (TPSA) is 97.2 Å². The van der Waals surface area contributed by atoms with Gasteiger partial charge in [-0.15, -0.1) is 0 Å². The van der Waals surface area contributed by atoms with Gasteiger partial charge in [-0.25, -0.2) is 9.67 Å². The second-order valence-electron chi connectivity index (χ2n) is 6.84. The summed E-state index contributed by atoms with van der Waals surface area (Å²) in [6.45, 7) is 0.613. The van der Waals surface area contributed by atoms with E-state index in [0.29, 0.717) is 24.1 Å². The zero-order valence-electron chi connectivity index (χ0n) is 15.9. The van der Waals surface area contributed by atoms with Crippen LogP contribution in [0.15, 0.2) is 59.6 Å². The molecule has 0 atom stereocenters. The first-order valence-corrected chi connectivity index (χ1v) is 10.2. The van der Waals surface area contributed by atoms with Crippen LogP contribution in [0.25, 0.3) is 5.69 Å². The van der Waals surface area contributed by atoms with Gasteiger partial charge in [0, 0.05) is 24.0 Å². The maximum atomic E-state index is 12.4. The molecule has 30 heavy (non-hydrogen) atoms. The summed E-state index contributed by atoms with van der Waals surface area (Å²) in [5, 5.41) is 6.92. The number of imide groups is 1. The lowest BCUT2D eigenvalue weighted by atomic mass is 10.1.